The molecule has 11 heteroatoms. The van der Waals surface area contributed by atoms with Crippen molar-refractivity contribution < 1.29 is 27.9 Å². The van der Waals surface area contributed by atoms with Crippen molar-refractivity contribution in [2.75, 3.05) is 31.1 Å². The molecule has 1 aromatic heterocycles. The minimum Gasteiger partial charge on any atom is -0.476 e. The van der Waals surface area contributed by atoms with Crippen LogP contribution in [0, 0.1) is 0 Å². The molecule has 5 rings (SSSR count). The van der Waals surface area contributed by atoms with Gasteiger partial charge in [-0.05, 0) is 75.8 Å². The van der Waals surface area contributed by atoms with Gasteiger partial charge in [-0.1, -0.05) is 6.07 Å². The van der Waals surface area contributed by atoms with Gasteiger partial charge in [0.05, 0.1) is 5.56 Å². The van der Waals surface area contributed by atoms with Crippen LogP contribution in [0.3, 0.4) is 0 Å². The van der Waals surface area contributed by atoms with Crippen LogP contribution in [0.2, 0.25) is 0 Å². The number of carbonyl (C=O) groups is 2. The lowest BCUT2D eigenvalue weighted by molar-refractivity contribution is -0.137. The van der Waals surface area contributed by atoms with Crippen LogP contribution in [0.25, 0.3) is 0 Å². The molecule has 0 unspecified atom stereocenters. The van der Waals surface area contributed by atoms with E-state index in [0.29, 0.717) is 25.3 Å². The van der Waals surface area contributed by atoms with E-state index in [1.54, 1.807) is 11.0 Å². The summed E-state index contributed by atoms with van der Waals surface area (Å²) < 4.78 is 41.7. The number of carboxylic acid groups (broad SMARTS) is 1. The molecule has 4 heterocycles. The van der Waals surface area contributed by atoms with Crippen LogP contribution in [0.4, 0.5) is 23.7 Å². The third-order valence-electron chi connectivity index (χ3n) is 8.35. The predicted octanol–water partition coefficient (Wildman–Crippen LogP) is 4.69. The molecule has 200 valence electrons. The fourth-order valence-corrected chi connectivity index (χ4v) is 6.25. The summed E-state index contributed by atoms with van der Waals surface area (Å²) in [6.07, 6.45) is 2.41. The van der Waals surface area contributed by atoms with Gasteiger partial charge in [0.1, 0.15) is 0 Å². The quantitative estimate of drug-likeness (QED) is 0.632. The monoisotopic (exact) mass is 519 g/mol. The van der Waals surface area contributed by atoms with Gasteiger partial charge in [0.2, 0.25) is 0 Å². The highest BCUT2D eigenvalue weighted by atomic mass is 19.4. The predicted molar refractivity (Wildman–Crippen MR) is 131 cm³/mol. The van der Waals surface area contributed by atoms with Crippen molar-refractivity contribution in [3.63, 3.8) is 0 Å². The number of likely N-dealkylation sites (tertiary alicyclic amines) is 2. The van der Waals surface area contributed by atoms with Gasteiger partial charge in [0.25, 0.3) is 0 Å². The zero-order chi connectivity index (χ0) is 26.4. The Labute approximate surface area is 213 Å². The molecule has 3 aliphatic rings. The van der Waals surface area contributed by atoms with Crippen LogP contribution < -0.4 is 4.90 Å². The second-order valence-corrected chi connectivity index (χ2v) is 10.5. The summed E-state index contributed by atoms with van der Waals surface area (Å²) in [5, 5.41) is 12.9. The maximum absolute atomic E-state index is 13.5. The first kappa shape index (κ1) is 25.6. The minimum atomic E-state index is -4.38. The largest absolute Gasteiger partial charge is 0.476 e. The van der Waals surface area contributed by atoms with Crippen LogP contribution >= 0.6 is 0 Å². The number of aromatic nitrogens is 2. The van der Waals surface area contributed by atoms with Gasteiger partial charge in [-0.15, -0.1) is 0 Å². The maximum atomic E-state index is 13.5. The van der Waals surface area contributed by atoms with E-state index >= 15 is 0 Å². The zero-order valence-corrected chi connectivity index (χ0v) is 20.9. The van der Waals surface area contributed by atoms with Gasteiger partial charge in [0, 0.05) is 49.6 Å². The number of anilines is 1. The summed E-state index contributed by atoms with van der Waals surface area (Å²) in [5.74, 6) is -1.18. The molecular weight excluding hydrogens is 487 g/mol. The number of benzene rings is 1. The Balaban J connectivity index is 1.32. The summed E-state index contributed by atoms with van der Waals surface area (Å²) in [6.45, 7) is 5.30. The van der Waals surface area contributed by atoms with Crippen molar-refractivity contribution in [3.05, 3.63) is 47.3 Å². The fraction of sp³-hybridized carbons (Fsp3) is 0.577. The molecule has 1 atom stereocenters. The number of hydrogen-bond donors (Lipinski definition) is 1. The Morgan fingerprint density at radius 1 is 1.08 bits per heavy atom. The van der Waals surface area contributed by atoms with Crippen molar-refractivity contribution in [3.8, 4) is 0 Å². The van der Waals surface area contributed by atoms with E-state index in [1.807, 2.05) is 0 Å². The molecule has 3 fully saturated rings. The Morgan fingerprint density at radius 3 is 2.46 bits per heavy atom. The van der Waals surface area contributed by atoms with Gasteiger partial charge in [0.15, 0.2) is 5.69 Å². The Kier molecular flexibility index (Phi) is 6.68. The molecule has 0 aliphatic carbocycles. The minimum absolute atomic E-state index is 0.107. The highest BCUT2D eigenvalue weighted by Crippen LogP contribution is 2.42. The molecular formula is C26H32F3N5O3. The van der Waals surface area contributed by atoms with E-state index in [0.717, 1.165) is 61.9 Å². The third kappa shape index (κ3) is 4.93. The normalized spacial score (nSPS) is 22.2. The highest BCUT2D eigenvalue weighted by Gasteiger charge is 2.44. The molecule has 1 spiro atoms. The number of carbonyl (C=O) groups excluding carboxylic acids is 1. The molecule has 0 radical (unpaired) electrons. The van der Waals surface area contributed by atoms with Gasteiger partial charge in [-0.3, -0.25) is 4.90 Å². The lowest BCUT2D eigenvalue weighted by atomic mass is 9.84. The number of carboxylic acids is 1. The molecule has 0 bridgehead atoms. The van der Waals surface area contributed by atoms with Gasteiger partial charge in [-0.2, -0.15) is 23.0 Å². The van der Waals surface area contributed by atoms with Crippen molar-refractivity contribution >= 4 is 17.7 Å². The number of rotatable bonds is 4. The first-order chi connectivity index (χ1) is 17.6. The van der Waals surface area contributed by atoms with E-state index in [4.69, 9.17) is 5.11 Å². The van der Waals surface area contributed by atoms with Crippen LogP contribution in [0.1, 0.15) is 67.1 Å². The molecule has 0 saturated carbocycles. The summed E-state index contributed by atoms with van der Waals surface area (Å²) in [7, 11) is 0. The first-order valence-corrected chi connectivity index (χ1v) is 12.9. The third-order valence-corrected chi connectivity index (χ3v) is 8.35. The van der Waals surface area contributed by atoms with Crippen LogP contribution in [-0.2, 0) is 12.7 Å². The summed E-state index contributed by atoms with van der Waals surface area (Å²) in [4.78, 5) is 30.2. The zero-order valence-electron chi connectivity index (χ0n) is 20.9. The topological polar surface area (TPSA) is 81.9 Å². The van der Waals surface area contributed by atoms with Crippen molar-refractivity contribution in [2.45, 2.75) is 69.8 Å². The van der Waals surface area contributed by atoms with E-state index in [1.165, 1.54) is 24.4 Å². The van der Waals surface area contributed by atoms with Gasteiger partial charge >= 0.3 is 18.2 Å². The van der Waals surface area contributed by atoms with Gasteiger partial charge in [-0.25, -0.2) is 9.59 Å². The molecule has 3 aliphatic heterocycles. The van der Waals surface area contributed by atoms with E-state index < -0.39 is 17.7 Å². The molecule has 1 aromatic carbocycles. The molecule has 2 aromatic rings. The number of alkyl halides is 3. The molecule has 1 N–H and O–H groups in total. The molecule has 1 amide bonds. The molecule has 8 nitrogen and oxygen atoms in total. The van der Waals surface area contributed by atoms with Gasteiger partial charge < -0.3 is 14.9 Å². The number of nitrogens with zero attached hydrogens (tertiary/aromatic N) is 5. The number of amides is 1. The highest BCUT2D eigenvalue weighted by molar-refractivity contribution is 5.86. The lowest BCUT2D eigenvalue weighted by Crippen LogP contribution is -2.53. The number of halogens is 3. The summed E-state index contributed by atoms with van der Waals surface area (Å²) >= 11 is 0. The number of piperidine rings is 1. The second kappa shape index (κ2) is 9.66. The average Bonchev–Trinajstić information content (AvgIpc) is 3.60. The Bertz CT molecular complexity index is 1170. The number of hydrogen-bond acceptors (Lipinski definition) is 5. The van der Waals surface area contributed by atoms with Crippen LogP contribution in [0.5, 0.6) is 0 Å². The van der Waals surface area contributed by atoms with E-state index in [9.17, 15) is 22.8 Å². The SMILES string of the molecule is C[C@@H]1CCCN1c1cc(C(F)(F)F)ccc1CN1CCCC12CCN(C(=O)n1ccc(C(=O)O)n1)CC2. The van der Waals surface area contributed by atoms with Crippen molar-refractivity contribution in [1.29, 1.82) is 0 Å². The van der Waals surface area contributed by atoms with Crippen LogP contribution in [0.15, 0.2) is 30.5 Å². The molecule has 3 saturated heterocycles. The van der Waals surface area contributed by atoms with E-state index in [-0.39, 0.29) is 23.3 Å². The maximum Gasteiger partial charge on any atom is 0.416 e. The van der Waals surface area contributed by atoms with E-state index in [2.05, 4.69) is 21.8 Å². The second-order valence-electron chi connectivity index (χ2n) is 10.5. The summed E-state index contributed by atoms with van der Waals surface area (Å²) in [5.41, 5.74) is 0.701. The summed E-state index contributed by atoms with van der Waals surface area (Å²) in [6, 6.07) is 5.31. The Morgan fingerprint density at radius 2 is 1.84 bits per heavy atom. The van der Waals surface area contributed by atoms with Crippen LogP contribution in [-0.4, -0.2) is 74.4 Å². The lowest BCUT2D eigenvalue weighted by Gasteiger charge is -2.45. The number of aromatic carboxylic acids is 1. The molecule has 37 heavy (non-hydrogen) atoms. The van der Waals surface area contributed by atoms with Crippen molar-refractivity contribution in [2.24, 2.45) is 0 Å². The smallest absolute Gasteiger partial charge is 0.416 e. The fourth-order valence-electron chi connectivity index (χ4n) is 6.25. The van der Waals surface area contributed by atoms with Crippen molar-refractivity contribution in [1.82, 2.24) is 19.6 Å². The Hall–Kier alpha value is -3.08. The average molecular weight is 520 g/mol. The standard InChI is InChI=1S/C26H32F3N5O3/c1-18-4-2-12-33(18)22-16-20(26(27,28)29)6-5-19(22)17-32-11-3-8-25(32)9-14-31(15-10-25)24(37)34-13-7-21(30-34)23(35)36/h5-7,13,16,18H,2-4,8-12,14-15,17H2,1H3,(H,35,36)/t18-/m1/s1. The first-order valence-electron chi connectivity index (χ1n) is 12.9.